The Hall–Kier alpha value is -2.40. The molecule has 0 spiro atoms. The lowest BCUT2D eigenvalue weighted by molar-refractivity contribution is -0.0448. The maximum atomic E-state index is 15.7. The molecule has 2 fully saturated rings. The molecule has 0 aliphatic carbocycles. The van der Waals surface area contributed by atoms with E-state index < -0.39 is 85.7 Å². The number of aromatic amines is 2. The quantitative estimate of drug-likeness (QED) is 0.0811. The Labute approximate surface area is 265 Å². The number of halogens is 1. The summed E-state index contributed by atoms with van der Waals surface area (Å²) in [4.78, 5) is 56.2. The first-order valence-corrected chi connectivity index (χ1v) is 18.6. The molecule has 6 rings (SSSR count). The van der Waals surface area contributed by atoms with Crippen LogP contribution in [0.25, 0.3) is 22.3 Å². The molecule has 0 radical (unpaired) electrons. The zero-order chi connectivity index (χ0) is 32.2. The van der Waals surface area contributed by atoms with Gasteiger partial charge in [0.05, 0.1) is 43.5 Å². The van der Waals surface area contributed by atoms with Gasteiger partial charge in [-0.25, -0.2) is 19.3 Å². The number of thiol groups is 1. The van der Waals surface area contributed by atoms with Gasteiger partial charge >= 0.3 is 13.9 Å². The van der Waals surface area contributed by atoms with E-state index in [1.165, 1.54) is 10.9 Å². The molecule has 242 valence electrons. The van der Waals surface area contributed by atoms with Gasteiger partial charge in [0.25, 0.3) is 11.1 Å². The fraction of sp³-hybridized carbons (Fsp3) is 0.500. The molecule has 2 saturated heterocycles. The molecule has 0 saturated carbocycles. The SMILES string of the molecule is Nc1nc2c(ncn2[C@@H]2S[C@H](CO)[C@@H](O)[C@H]2OP(O)(=S)OC[C@H]2O[C@@H](n3cnc4c(=O)[nH]cnc43)[C@@H](F)[C@@H]2O[P+](=O)S)c(=O)[nH]1. The van der Waals surface area contributed by atoms with E-state index in [0.29, 0.717) is 0 Å². The lowest BCUT2D eigenvalue weighted by atomic mass is 10.1. The van der Waals surface area contributed by atoms with Crippen LogP contribution in [0.3, 0.4) is 0 Å². The number of nitrogen functional groups attached to an aromatic ring is 1. The second kappa shape index (κ2) is 12.7. The fourth-order valence-corrected chi connectivity index (χ4v) is 8.73. The first kappa shape index (κ1) is 32.5. The van der Waals surface area contributed by atoms with Crippen molar-refractivity contribution in [2.75, 3.05) is 18.9 Å². The highest BCUT2D eigenvalue weighted by Crippen LogP contribution is 2.54. The van der Waals surface area contributed by atoms with Crippen LogP contribution in [-0.4, -0.2) is 103 Å². The first-order chi connectivity index (χ1) is 21.4. The van der Waals surface area contributed by atoms with Gasteiger partial charge in [-0.05, 0) is 16.4 Å². The highest BCUT2D eigenvalue weighted by Gasteiger charge is 2.53. The van der Waals surface area contributed by atoms with Crippen LogP contribution >= 0.6 is 38.0 Å². The average Bonchev–Trinajstić information content (AvgIpc) is 3.73. The molecule has 2 aliphatic rings. The number of aliphatic hydroxyl groups excluding tert-OH is 2. The topological polar surface area (TPSA) is 268 Å². The summed E-state index contributed by atoms with van der Waals surface area (Å²) < 4.78 is 52.2. The summed E-state index contributed by atoms with van der Waals surface area (Å²) in [6.07, 6.45) is -5.58. The summed E-state index contributed by atoms with van der Waals surface area (Å²) in [6.45, 7) is -5.41. The third-order valence-electron chi connectivity index (χ3n) is 6.99. The molecule has 6 heterocycles. The van der Waals surface area contributed by atoms with E-state index >= 15 is 4.39 Å². The van der Waals surface area contributed by atoms with Crippen molar-refractivity contribution in [1.82, 2.24) is 39.0 Å². The number of aromatic nitrogens is 8. The molecule has 2 aliphatic heterocycles. The third kappa shape index (κ3) is 6.20. The number of rotatable bonds is 10. The molecule has 25 heteroatoms. The van der Waals surface area contributed by atoms with Crippen molar-refractivity contribution in [3.05, 3.63) is 39.7 Å². The minimum atomic E-state index is -4.29. The Bertz CT molecular complexity index is 1930. The van der Waals surface area contributed by atoms with Crippen molar-refractivity contribution in [1.29, 1.82) is 0 Å². The molecule has 0 bridgehead atoms. The number of thioether (sulfide) groups is 1. The predicted molar refractivity (Wildman–Crippen MR) is 162 cm³/mol. The van der Waals surface area contributed by atoms with Gasteiger partial charge in [-0.15, -0.1) is 16.3 Å². The molecular formula is C20H23FN9O10P2S3+. The molecule has 0 aromatic carbocycles. The van der Waals surface area contributed by atoms with Crippen molar-refractivity contribution >= 4 is 78.0 Å². The van der Waals surface area contributed by atoms with E-state index in [9.17, 15) is 29.3 Å². The van der Waals surface area contributed by atoms with Crippen molar-refractivity contribution in [3.8, 4) is 0 Å². The lowest BCUT2D eigenvalue weighted by Crippen LogP contribution is -2.35. The van der Waals surface area contributed by atoms with Crippen LogP contribution in [0.1, 0.15) is 11.6 Å². The number of ether oxygens (including phenoxy) is 1. The number of H-pyrrole nitrogens is 2. The number of aliphatic hydroxyl groups is 2. The van der Waals surface area contributed by atoms with Gasteiger partial charge < -0.3 is 35.1 Å². The molecule has 4 aromatic heterocycles. The van der Waals surface area contributed by atoms with Crippen LogP contribution in [-0.2, 0) is 34.7 Å². The van der Waals surface area contributed by atoms with Crippen LogP contribution in [0.2, 0.25) is 0 Å². The summed E-state index contributed by atoms with van der Waals surface area (Å²) in [6, 6.07) is 0. The minimum absolute atomic E-state index is 0.0000462. The summed E-state index contributed by atoms with van der Waals surface area (Å²) >= 11 is 9.95. The summed E-state index contributed by atoms with van der Waals surface area (Å²) in [5, 5.41) is 19.0. The Morgan fingerprint density at radius 1 is 1.20 bits per heavy atom. The number of alkyl halides is 1. The van der Waals surface area contributed by atoms with Gasteiger partial charge in [-0.1, -0.05) is 0 Å². The predicted octanol–water partition coefficient (Wildman–Crippen LogP) is -0.371. The fourth-order valence-electron chi connectivity index (χ4n) is 5.02. The second-order valence-electron chi connectivity index (χ2n) is 9.72. The number of nitrogens with one attached hydrogen (secondary N) is 2. The highest BCUT2D eigenvalue weighted by molar-refractivity contribution is 8.39. The molecule has 4 aromatic rings. The number of nitrogens with two attached hydrogens (primary N) is 1. The average molecular weight is 727 g/mol. The number of hydrogen-bond donors (Lipinski definition) is 7. The van der Waals surface area contributed by atoms with Gasteiger partial charge in [0.1, 0.15) is 29.8 Å². The standard InChI is InChI=1S/C20H22FN9O10P2S3/c21-8-12(39-41(35)43)6(38-18(8)29-4-25-9-14(29)23-3-24-16(9)33)2-37-42(36,44)40-13-11(32)7(1-31)45-19(13)30-5-26-10-15(30)27-20(22)28-17(10)34/h3-8,11-13,18-19,31-32H,1-2H2,(H5-,22,23,24,27,28,33,34,35,36,43,44)/p+1/t6-,7-,8+,11-,12-,13-,18-,19-,42?/m1/s1. The summed E-state index contributed by atoms with van der Waals surface area (Å²) in [5.74, 6) is -0.198. The van der Waals surface area contributed by atoms with Gasteiger partial charge in [-0.2, -0.15) is 4.98 Å². The zero-order valence-electron chi connectivity index (χ0n) is 22.3. The van der Waals surface area contributed by atoms with Gasteiger partial charge in [0.15, 0.2) is 40.8 Å². The maximum absolute atomic E-state index is 15.7. The zero-order valence-corrected chi connectivity index (χ0v) is 26.6. The number of imidazole rings is 2. The molecule has 45 heavy (non-hydrogen) atoms. The van der Waals surface area contributed by atoms with E-state index in [-0.39, 0.29) is 28.3 Å². The number of hydrogen-bond acceptors (Lipinski definition) is 16. The first-order valence-electron chi connectivity index (χ1n) is 12.7. The minimum Gasteiger partial charge on any atom is -0.395 e. The molecule has 7 N–H and O–H groups in total. The molecular weight excluding hydrogens is 703 g/mol. The van der Waals surface area contributed by atoms with Crippen LogP contribution in [0.5, 0.6) is 0 Å². The Morgan fingerprint density at radius 2 is 1.91 bits per heavy atom. The Morgan fingerprint density at radius 3 is 2.62 bits per heavy atom. The van der Waals surface area contributed by atoms with Crippen molar-refractivity contribution in [3.63, 3.8) is 0 Å². The Balaban J connectivity index is 1.23. The summed E-state index contributed by atoms with van der Waals surface area (Å²) in [7, 11) is -2.64. The Kier molecular flexibility index (Phi) is 9.15. The van der Waals surface area contributed by atoms with E-state index in [4.69, 9.17) is 35.8 Å². The molecule has 0 amide bonds. The lowest BCUT2D eigenvalue weighted by Gasteiger charge is -2.27. The van der Waals surface area contributed by atoms with Crippen LogP contribution in [0, 0.1) is 0 Å². The largest absolute Gasteiger partial charge is 0.582 e. The molecule has 2 unspecified atom stereocenters. The molecule has 19 nitrogen and oxygen atoms in total. The molecule has 10 atom stereocenters. The summed E-state index contributed by atoms with van der Waals surface area (Å²) in [5.41, 5.74) is 4.42. The van der Waals surface area contributed by atoms with Gasteiger partial charge in [0.2, 0.25) is 5.95 Å². The van der Waals surface area contributed by atoms with Crippen LogP contribution in [0.15, 0.2) is 28.6 Å². The maximum Gasteiger partial charge on any atom is 0.582 e. The number of fused-ring (bicyclic) bond motifs is 2. The van der Waals surface area contributed by atoms with Gasteiger partial charge in [0, 0.05) is 0 Å². The second-order valence-corrected chi connectivity index (χ2v) is 15.5. The number of nitrogens with zero attached hydrogens (tertiary/aromatic N) is 6. The normalized spacial score (nSPS) is 30.3. The van der Waals surface area contributed by atoms with Crippen molar-refractivity contribution in [2.24, 2.45) is 0 Å². The number of anilines is 1. The van der Waals surface area contributed by atoms with E-state index in [2.05, 4.69) is 42.2 Å². The van der Waals surface area contributed by atoms with Crippen LogP contribution in [0.4, 0.5) is 10.3 Å². The van der Waals surface area contributed by atoms with Crippen molar-refractivity contribution < 1.29 is 42.4 Å². The monoisotopic (exact) mass is 726 g/mol. The van der Waals surface area contributed by atoms with Crippen molar-refractivity contribution in [2.45, 2.75) is 47.4 Å². The van der Waals surface area contributed by atoms with E-state index in [1.54, 1.807) is 0 Å². The van der Waals surface area contributed by atoms with Gasteiger partial charge in [-0.3, -0.25) is 28.2 Å². The third-order valence-corrected chi connectivity index (χ3v) is 10.8. The van der Waals surface area contributed by atoms with E-state index in [0.717, 1.165) is 29.0 Å². The van der Waals surface area contributed by atoms with E-state index in [1.807, 2.05) is 0 Å². The smallest absolute Gasteiger partial charge is 0.395 e. The van der Waals surface area contributed by atoms with Crippen LogP contribution < -0.4 is 16.9 Å². The highest BCUT2D eigenvalue weighted by atomic mass is 32.7.